The molecule has 3 rings (SSSR count). The molecule has 1 aromatic carbocycles. The van der Waals surface area contributed by atoms with Gasteiger partial charge in [-0.05, 0) is 25.0 Å². The maximum Gasteiger partial charge on any atom is 0.305 e. The molecule has 10 atom stereocenters. The lowest BCUT2D eigenvalue weighted by molar-refractivity contribution is -0.384. The Balaban J connectivity index is 1.43. The number of nitrogens with zero attached hydrogens (tertiary/aromatic N) is 1. The summed E-state index contributed by atoms with van der Waals surface area (Å²) in [5.41, 5.74) is -0.195. The zero-order valence-corrected chi connectivity index (χ0v) is 24.5. The first-order valence-electron chi connectivity index (χ1n) is 14.1. The summed E-state index contributed by atoms with van der Waals surface area (Å²) in [4.78, 5) is 46.4. The molecule has 0 radical (unpaired) electrons. The Morgan fingerprint density at radius 2 is 1.33 bits per heavy atom. The normalized spacial score (nSPS) is 31.4. The third kappa shape index (κ3) is 10.00. The third-order valence-corrected chi connectivity index (χ3v) is 7.10. The molecule has 252 valence electrons. The Bertz CT molecular complexity index is 1150. The number of methoxy groups -OCH3 is 1. The zero-order chi connectivity index (χ0) is 33.3. The quantitative estimate of drug-likeness (QED) is 0.0554. The monoisotopic (exact) mass is 646 g/mol. The van der Waals surface area contributed by atoms with Gasteiger partial charge in [-0.15, -0.1) is 0 Å². The number of esters is 2. The van der Waals surface area contributed by atoms with E-state index in [-0.39, 0.29) is 37.1 Å². The number of carbonyl (C=O) groups excluding carboxylic acids is 3. The second kappa shape index (κ2) is 16.7. The number of nitrogens with one attached hydrogen (secondary N) is 1. The average Bonchev–Trinajstić information content (AvgIpc) is 3.00. The van der Waals surface area contributed by atoms with Gasteiger partial charge in [-0.2, -0.15) is 0 Å². The van der Waals surface area contributed by atoms with Crippen LogP contribution in [0.5, 0.6) is 5.75 Å². The van der Waals surface area contributed by atoms with Gasteiger partial charge in [-0.25, -0.2) is 0 Å². The first-order valence-corrected chi connectivity index (χ1v) is 14.1. The number of aliphatic hydroxyl groups excluding tert-OH is 5. The first-order chi connectivity index (χ1) is 21.3. The average molecular weight is 647 g/mol. The Morgan fingerprint density at radius 3 is 1.82 bits per heavy atom. The van der Waals surface area contributed by atoms with E-state index in [4.69, 9.17) is 28.4 Å². The summed E-state index contributed by atoms with van der Waals surface area (Å²) in [6, 6.07) is 3.70. The van der Waals surface area contributed by atoms with Crippen LogP contribution in [0, 0.1) is 10.1 Å². The number of nitro benzene ring substituents is 1. The van der Waals surface area contributed by atoms with Crippen LogP contribution >= 0.6 is 0 Å². The molecule has 2 saturated heterocycles. The van der Waals surface area contributed by atoms with Crippen LogP contribution in [0.3, 0.4) is 0 Å². The number of aliphatic hydroxyl groups is 5. The van der Waals surface area contributed by atoms with Gasteiger partial charge in [0.1, 0.15) is 67.7 Å². The summed E-state index contributed by atoms with van der Waals surface area (Å²) in [5.74, 6) is -1.80. The van der Waals surface area contributed by atoms with Gasteiger partial charge < -0.3 is 59.3 Å². The summed E-state index contributed by atoms with van der Waals surface area (Å²) in [6.45, 7) is 0.289. The van der Waals surface area contributed by atoms with Crippen LogP contribution in [0.4, 0.5) is 5.69 Å². The highest BCUT2D eigenvalue weighted by atomic mass is 16.7. The van der Waals surface area contributed by atoms with E-state index in [2.05, 4.69) is 5.32 Å². The molecule has 18 nitrogen and oxygen atoms in total. The van der Waals surface area contributed by atoms with Crippen molar-refractivity contribution in [3.63, 3.8) is 0 Å². The van der Waals surface area contributed by atoms with Crippen molar-refractivity contribution >= 4 is 23.5 Å². The van der Waals surface area contributed by atoms with Crippen molar-refractivity contribution in [2.24, 2.45) is 0 Å². The Hall–Kier alpha value is -3.49. The van der Waals surface area contributed by atoms with Crippen molar-refractivity contribution in [3.8, 4) is 5.75 Å². The van der Waals surface area contributed by atoms with Gasteiger partial charge >= 0.3 is 11.9 Å². The molecule has 0 unspecified atom stereocenters. The summed E-state index contributed by atoms with van der Waals surface area (Å²) >= 11 is 0. The number of nitro groups is 1. The molecule has 2 aliphatic rings. The van der Waals surface area contributed by atoms with Crippen molar-refractivity contribution < 1.29 is 73.3 Å². The highest BCUT2D eigenvalue weighted by molar-refractivity contribution is 5.73. The van der Waals surface area contributed by atoms with Gasteiger partial charge in [0, 0.05) is 39.0 Å². The molecule has 0 saturated carbocycles. The molecule has 0 bridgehead atoms. The van der Waals surface area contributed by atoms with E-state index in [0.717, 1.165) is 0 Å². The first kappa shape index (κ1) is 36.0. The van der Waals surface area contributed by atoms with Crippen molar-refractivity contribution in [2.75, 3.05) is 20.3 Å². The van der Waals surface area contributed by atoms with Crippen LogP contribution in [0.1, 0.15) is 32.6 Å². The Labute approximate surface area is 256 Å². The lowest BCUT2D eigenvalue weighted by atomic mass is 9.97. The third-order valence-electron chi connectivity index (χ3n) is 7.10. The van der Waals surface area contributed by atoms with E-state index in [1.807, 2.05) is 0 Å². The SMILES string of the molecule is CO[C@H]1O[C@H](COC(=O)CCCCC(=O)OC[C@H]2O[C@@H](Oc3ccc([N+](=O)[O-])cc3)[C@H](NC(C)=O)[C@@H](O)[C@@H]2O)[C@@H](O)[C@H](O)[C@H]1O. The number of benzene rings is 1. The van der Waals surface area contributed by atoms with Crippen LogP contribution in [0.15, 0.2) is 24.3 Å². The maximum absolute atomic E-state index is 12.3. The largest absolute Gasteiger partial charge is 0.463 e. The Kier molecular flexibility index (Phi) is 13.4. The number of unbranched alkanes of at least 4 members (excludes halogenated alkanes) is 1. The highest BCUT2D eigenvalue weighted by Crippen LogP contribution is 2.26. The second-order valence-electron chi connectivity index (χ2n) is 10.4. The molecule has 0 aromatic heterocycles. The number of carbonyl (C=O) groups is 3. The predicted octanol–water partition coefficient (Wildman–Crippen LogP) is -1.97. The summed E-state index contributed by atoms with van der Waals surface area (Å²) in [7, 11) is 1.24. The predicted molar refractivity (Wildman–Crippen MR) is 146 cm³/mol. The van der Waals surface area contributed by atoms with Crippen LogP contribution in [0.2, 0.25) is 0 Å². The zero-order valence-electron chi connectivity index (χ0n) is 24.5. The van der Waals surface area contributed by atoms with Gasteiger partial charge in [0.15, 0.2) is 6.29 Å². The smallest absolute Gasteiger partial charge is 0.305 e. The van der Waals surface area contributed by atoms with E-state index >= 15 is 0 Å². The van der Waals surface area contributed by atoms with E-state index in [1.54, 1.807) is 0 Å². The molecule has 2 heterocycles. The fourth-order valence-electron chi connectivity index (χ4n) is 4.62. The maximum atomic E-state index is 12.3. The molecule has 45 heavy (non-hydrogen) atoms. The number of non-ortho nitro benzene ring substituents is 1. The van der Waals surface area contributed by atoms with Gasteiger partial charge in [0.25, 0.3) is 5.69 Å². The van der Waals surface area contributed by atoms with Crippen LogP contribution < -0.4 is 10.1 Å². The van der Waals surface area contributed by atoms with Crippen LogP contribution in [-0.2, 0) is 38.1 Å². The molecule has 1 aromatic rings. The number of hydrogen-bond donors (Lipinski definition) is 6. The minimum atomic E-state index is -1.59. The lowest BCUT2D eigenvalue weighted by Gasteiger charge is -2.42. The van der Waals surface area contributed by atoms with Crippen molar-refractivity contribution in [2.45, 2.75) is 94.0 Å². The highest BCUT2D eigenvalue weighted by Gasteiger charge is 2.47. The Morgan fingerprint density at radius 1 is 0.822 bits per heavy atom. The number of amides is 1. The van der Waals surface area contributed by atoms with E-state index < -0.39 is 97.3 Å². The van der Waals surface area contributed by atoms with Gasteiger partial charge in [-0.1, -0.05) is 0 Å². The molecule has 1 amide bonds. The number of ether oxygens (including phenoxy) is 6. The van der Waals surface area contributed by atoms with E-state index in [9.17, 15) is 50.0 Å². The number of hydrogen-bond acceptors (Lipinski definition) is 16. The molecular formula is C27H38N2O16. The molecule has 2 aliphatic heterocycles. The van der Waals surface area contributed by atoms with Crippen molar-refractivity contribution in [1.82, 2.24) is 5.32 Å². The van der Waals surface area contributed by atoms with Crippen LogP contribution in [0.25, 0.3) is 0 Å². The molecule has 6 N–H and O–H groups in total. The molecular weight excluding hydrogens is 608 g/mol. The fourth-order valence-corrected chi connectivity index (χ4v) is 4.62. The van der Waals surface area contributed by atoms with Gasteiger partial charge in [0.2, 0.25) is 12.2 Å². The van der Waals surface area contributed by atoms with Crippen LogP contribution in [-0.4, -0.2) is 130 Å². The molecule has 2 fully saturated rings. The van der Waals surface area contributed by atoms with Crippen molar-refractivity contribution in [3.05, 3.63) is 34.4 Å². The topological polar surface area (TPSA) is 263 Å². The second-order valence-corrected chi connectivity index (χ2v) is 10.4. The fraction of sp³-hybridized carbons (Fsp3) is 0.667. The minimum Gasteiger partial charge on any atom is -0.463 e. The lowest BCUT2D eigenvalue weighted by Crippen LogP contribution is -2.65. The minimum absolute atomic E-state index is 0.0855. The van der Waals surface area contributed by atoms with Gasteiger partial charge in [0.05, 0.1) is 4.92 Å². The summed E-state index contributed by atoms with van der Waals surface area (Å²) in [6.07, 6.45) is -12.4. The van der Waals surface area contributed by atoms with Crippen molar-refractivity contribution in [1.29, 1.82) is 0 Å². The summed E-state index contributed by atoms with van der Waals surface area (Å²) < 4.78 is 31.8. The number of rotatable bonds is 14. The standard InChI is InChI=1S/C27H38N2O16/c1-13(30)28-20-23(35)21(33)16(44-26(20)43-15-9-7-14(8-10-15)29(38)39)11-41-18(31)5-3-4-6-19(32)42-12-17-22(34)24(36)25(37)27(40-2)45-17/h7-10,16-17,20-27,33-37H,3-6,11-12H2,1-2H3,(H,28,30)/t16-,17-,20-,21-,22-,23-,24+,25-,26-,27+/m1/s1. The van der Waals surface area contributed by atoms with E-state index in [1.165, 1.54) is 38.3 Å². The molecule has 18 heteroatoms. The van der Waals surface area contributed by atoms with Gasteiger partial charge in [-0.3, -0.25) is 24.5 Å². The molecule has 0 spiro atoms. The molecule has 0 aliphatic carbocycles. The summed E-state index contributed by atoms with van der Waals surface area (Å²) in [5, 5.41) is 64.2. The van der Waals surface area contributed by atoms with E-state index in [0.29, 0.717) is 0 Å².